The van der Waals surface area contributed by atoms with Gasteiger partial charge in [-0.1, -0.05) is 19.1 Å². The van der Waals surface area contributed by atoms with Gasteiger partial charge in [0, 0.05) is 17.3 Å². The van der Waals surface area contributed by atoms with Crippen molar-refractivity contribution in [2.45, 2.75) is 13.3 Å². The molecule has 28 heavy (non-hydrogen) atoms. The number of nitrogens with zero attached hydrogens (tertiary/aromatic N) is 2. The molecule has 0 aliphatic carbocycles. The third-order valence-electron chi connectivity index (χ3n) is 4.40. The largest absolute Gasteiger partial charge is 0.493 e. The van der Waals surface area contributed by atoms with Crippen LogP contribution in [0, 0.1) is 0 Å². The third-order valence-corrected chi connectivity index (χ3v) is 4.40. The molecule has 0 saturated carbocycles. The van der Waals surface area contributed by atoms with Gasteiger partial charge < -0.3 is 14.6 Å². The van der Waals surface area contributed by atoms with Crippen molar-refractivity contribution in [2.24, 2.45) is 0 Å². The van der Waals surface area contributed by atoms with Crippen molar-refractivity contribution < 1.29 is 19.4 Å². The molecular weight excluding hydrogens is 360 g/mol. The van der Waals surface area contributed by atoms with Crippen molar-refractivity contribution in [1.82, 2.24) is 9.38 Å². The Bertz CT molecular complexity index is 1130. The smallest absolute Gasteiger partial charge is 0.337 e. The first-order valence-corrected chi connectivity index (χ1v) is 8.67. The highest BCUT2D eigenvalue weighted by Gasteiger charge is 2.12. The maximum Gasteiger partial charge on any atom is 0.337 e. The summed E-state index contributed by atoms with van der Waals surface area (Å²) < 4.78 is 12.0. The minimum Gasteiger partial charge on any atom is -0.493 e. The summed E-state index contributed by atoms with van der Waals surface area (Å²) in [5, 5.41) is 9.15. The Morgan fingerprint density at radius 3 is 2.61 bits per heavy atom. The van der Waals surface area contributed by atoms with Crippen LogP contribution < -0.4 is 15.0 Å². The fourth-order valence-electron chi connectivity index (χ4n) is 3.00. The molecule has 0 amide bonds. The molecule has 2 heterocycles. The number of fused-ring (bicyclic) bond motifs is 1. The lowest BCUT2D eigenvalue weighted by Gasteiger charge is -2.10. The SMILES string of the molecule is CCc1c(/C=C/c2cccc(OC)c2OC)nc2ccc(C(=O)O)cn2c1=O. The number of hydrogen-bond donors (Lipinski definition) is 1. The minimum absolute atomic E-state index is 0.0304. The molecule has 0 fully saturated rings. The van der Waals surface area contributed by atoms with Crippen molar-refractivity contribution >= 4 is 23.8 Å². The number of benzene rings is 1. The number of para-hydroxylation sites is 1. The molecular formula is C21H20N2O5. The lowest BCUT2D eigenvalue weighted by Crippen LogP contribution is -2.22. The van der Waals surface area contributed by atoms with Crippen LogP contribution in [0.4, 0.5) is 0 Å². The monoisotopic (exact) mass is 380 g/mol. The summed E-state index contributed by atoms with van der Waals surface area (Å²) in [7, 11) is 3.13. The summed E-state index contributed by atoms with van der Waals surface area (Å²) in [6.07, 6.45) is 5.32. The van der Waals surface area contributed by atoms with Gasteiger partial charge in [0.1, 0.15) is 5.65 Å². The molecule has 0 saturated heterocycles. The highest BCUT2D eigenvalue weighted by molar-refractivity contribution is 5.87. The summed E-state index contributed by atoms with van der Waals surface area (Å²) in [6.45, 7) is 1.86. The van der Waals surface area contributed by atoms with Gasteiger partial charge in [-0.25, -0.2) is 9.78 Å². The van der Waals surface area contributed by atoms with Crippen LogP contribution in [0.5, 0.6) is 11.5 Å². The van der Waals surface area contributed by atoms with Crippen LogP contribution in [-0.4, -0.2) is 34.7 Å². The normalized spacial score (nSPS) is 11.1. The maximum atomic E-state index is 12.8. The lowest BCUT2D eigenvalue weighted by atomic mass is 10.1. The van der Waals surface area contributed by atoms with Crippen LogP contribution in [0.2, 0.25) is 0 Å². The molecule has 0 atom stereocenters. The molecule has 0 aliphatic rings. The molecule has 2 aromatic heterocycles. The fourth-order valence-corrected chi connectivity index (χ4v) is 3.00. The third kappa shape index (κ3) is 3.46. The number of ether oxygens (including phenoxy) is 2. The van der Waals surface area contributed by atoms with Crippen LogP contribution in [0.15, 0.2) is 41.3 Å². The summed E-state index contributed by atoms with van der Waals surface area (Å²) in [6, 6.07) is 8.46. The molecule has 0 spiro atoms. The van der Waals surface area contributed by atoms with Gasteiger partial charge >= 0.3 is 5.97 Å². The lowest BCUT2D eigenvalue weighted by molar-refractivity contribution is 0.0696. The first kappa shape index (κ1) is 19.2. The number of hydrogen-bond acceptors (Lipinski definition) is 5. The van der Waals surface area contributed by atoms with E-state index in [1.165, 1.54) is 22.7 Å². The second-order valence-corrected chi connectivity index (χ2v) is 6.00. The van der Waals surface area contributed by atoms with E-state index in [2.05, 4.69) is 4.98 Å². The van der Waals surface area contributed by atoms with Crippen LogP contribution in [0.3, 0.4) is 0 Å². The van der Waals surface area contributed by atoms with E-state index < -0.39 is 5.97 Å². The Balaban J connectivity index is 2.14. The molecule has 0 aliphatic heterocycles. The highest BCUT2D eigenvalue weighted by Crippen LogP contribution is 2.31. The van der Waals surface area contributed by atoms with Gasteiger partial charge in [0.05, 0.1) is 25.5 Å². The second kappa shape index (κ2) is 7.96. The van der Waals surface area contributed by atoms with E-state index in [0.29, 0.717) is 34.8 Å². The van der Waals surface area contributed by atoms with E-state index in [1.54, 1.807) is 26.4 Å². The Morgan fingerprint density at radius 2 is 1.96 bits per heavy atom. The predicted molar refractivity (Wildman–Crippen MR) is 106 cm³/mol. The number of carboxylic acids is 1. The second-order valence-electron chi connectivity index (χ2n) is 6.00. The van der Waals surface area contributed by atoms with Crippen LogP contribution >= 0.6 is 0 Å². The quantitative estimate of drug-likeness (QED) is 0.707. The van der Waals surface area contributed by atoms with E-state index in [9.17, 15) is 9.59 Å². The van der Waals surface area contributed by atoms with Gasteiger partial charge in [0.2, 0.25) is 0 Å². The molecule has 0 bridgehead atoms. The van der Waals surface area contributed by atoms with Gasteiger partial charge in [0.15, 0.2) is 11.5 Å². The highest BCUT2D eigenvalue weighted by atomic mass is 16.5. The topological polar surface area (TPSA) is 90.1 Å². The zero-order chi connectivity index (χ0) is 20.3. The summed E-state index contributed by atoms with van der Waals surface area (Å²) >= 11 is 0. The molecule has 144 valence electrons. The van der Waals surface area contributed by atoms with Crippen molar-refractivity contribution in [3.63, 3.8) is 0 Å². The van der Waals surface area contributed by atoms with E-state index in [1.807, 2.05) is 25.1 Å². The van der Waals surface area contributed by atoms with Crippen molar-refractivity contribution in [2.75, 3.05) is 14.2 Å². The average molecular weight is 380 g/mol. The summed E-state index contributed by atoms with van der Waals surface area (Å²) in [4.78, 5) is 28.6. The van der Waals surface area contributed by atoms with Gasteiger partial charge in [-0.3, -0.25) is 9.20 Å². The van der Waals surface area contributed by atoms with Crippen LogP contribution in [-0.2, 0) is 6.42 Å². The molecule has 1 aromatic carbocycles. The standard InChI is InChI=1S/C21H20N2O5/c1-4-15-16(10-8-13-6-5-7-17(27-2)19(13)28-3)22-18-11-9-14(21(25)26)12-23(18)20(15)24/h5-12H,4H2,1-3H3,(H,25,26)/b10-8+. The van der Waals surface area contributed by atoms with Crippen LogP contribution in [0.25, 0.3) is 17.8 Å². The molecule has 7 heteroatoms. The number of pyridine rings is 1. The Labute approximate surface area is 161 Å². The first-order valence-electron chi connectivity index (χ1n) is 8.67. The summed E-state index contributed by atoms with van der Waals surface area (Å²) in [5.41, 5.74) is 1.94. The first-order chi connectivity index (χ1) is 13.5. The summed E-state index contributed by atoms with van der Waals surface area (Å²) in [5.74, 6) is 0.0944. The predicted octanol–water partition coefficient (Wildman–Crippen LogP) is 3.14. The van der Waals surface area contributed by atoms with Gasteiger partial charge in [-0.2, -0.15) is 0 Å². The maximum absolute atomic E-state index is 12.8. The number of carboxylic acid groups (broad SMARTS) is 1. The Kier molecular flexibility index (Phi) is 5.44. The number of aromatic nitrogens is 2. The minimum atomic E-state index is -1.10. The zero-order valence-electron chi connectivity index (χ0n) is 15.8. The van der Waals surface area contributed by atoms with E-state index in [4.69, 9.17) is 14.6 Å². The molecule has 3 aromatic rings. The van der Waals surface area contributed by atoms with E-state index in [0.717, 1.165) is 5.56 Å². The van der Waals surface area contributed by atoms with Crippen molar-refractivity contribution in [1.29, 1.82) is 0 Å². The van der Waals surface area contributed by atoms with E-state index >= 15 is 0 Å². The zero-order valence-corrected chi connectivity index (χ0v) is 15.8. The molecule has 0 unspecified atom stereocenters. The molecule has 7 nitrogen and oxygen atoms in total. The molecule has 3 rings (SSSR count). The Hall–Kier alpha value is -3.61. The molecule has 0 radical (unpaired) electrons. The van der Waals surface area contributed by atoms with Crippen molar-refractivity contribution in [3.05, 3.63) is 69.3 Å². The van der Waals surface area contributed by atoms with Crippen LogP contribution in [0.1, 0.15) is 34.1 Å². The van der Waals surface area contributed by atoms with Gasteiger partial charge in [-0.15, -0.1) is 0 Å². The van der Waals surface area contributed by atoms with Crippen molar-refractivity contribution in [3.8, 4) is 11.5 Å². The average Bonchev–Trinajstić information content (AvgIpc) is 2.71. The fraction of sp³-hybridized carbons (Fsp3) is 0.190. The number of methoxy groups -OCH3 is 2. The van der Waals surface area contributed by atoms with Gasteiger partial charge in [0.25, 0.3) is 5.56 Å². The number of aromatic carboxylic acids is 1. The number of rotatable bonds is 6. The van der Waals surface area contributed by atoms with Gasteiger partial charge in [-0.05, 0) is 36.8 Å². The van der Waals surface area contributed by atoms with E-state index in [-0.39, 0.29) is 11.1 Å². The molecule has 1 N–H and O–H groups in total. The number of carbonyl (C=O) groups is 1. The Morgan fingerprint density at radius 1 is 1.18 bits per heavy atom.